The smallest absolute Gasteiger partial charge is 0.249 e. The van der Waals surface area contributed by atoms with Gasteiger partial charge in [0, 0.05) is 20.6 Å². The summed E-state index contributed by atoms with van der Waals surface area (Å²) in [5.41, 5.74) is 5.63. The zero-order chi connectivity index (χ0) is 14.6. The Balaban J connectivity index is 2.87. The monoisotopic (exact) mass is 308 g/mol. The van der Waals surface area contributed by atoms with Gasteiger partial charge in [-0.2, -0.15) is 4.37 Å². The first-order valence-corrected chi connectivity index (χ1v) is 8.11. The van der Waals surface area contributed by atoms with Crippen molar-refractivity contribution in [3.8, 4) is 0 Å². The van der Waals surface area contributed by atoms with Gasteiger partial charge in [0.1, 0.15) is 5.00 Å². The number of aromatic nitrogens is 1. The minimum Gasteiger partial charge on any atom is -0.393 e. The zero-order valence-corrected chi connectivity index (χ0v) is 12.9. The van der Waals surface area contributed by atoms with Gasteiger partial charge in [-0.25, -0.2) is 12.7 Å². The van der Waals surface area contributed by atoms with Crippen LogP contribution < -0.4 is 11.1 Å². The SMILES string of the molecule is CCC(O)CCNc1snc(N)c1S(=O)(=O)N(C)C. The highest BCUT2D eigenvalue weighted by atomic mass is 32.2. The highest BCUT2D eigenvalue weighted by Crippen LogP contribution is 2.32. The molecule has 7 nitrogen and oxygen atoms in total. The molecule has 9 heteroatoms. The molecule has 1 aromatic heterocycles. The average Bonchev–Trinajstić information content (AvgIpc) is 2.70. The summed E-state index contributed by atoms with van der Waals surface area (Å²) in [6, 6.07) is 0. The highest BCUT2D eigenvalue weighted by Gasteiger charge is 2.27. The fourth-order valence-electron chi connectivity index (χ4n) is 1.39. The van der Waals surface area contributed by atoms with Gasteiger partial charge in [0.2, 0.25) is 10.0 Å². The molecule has 1 heterocycles. The number of aliphatic hydroxyl groups is 1. The largest absolute Gasteiger partial charge is 0.393 e. The van der Waals surface area contributed by atoms with E-state index in [1.807, 2.05) is 6.92 Å². The summed E-state index contributed by atoms with van der Waals surface area (Å²) in [6.45, 7) is 2.35. The number of rotatable bonds is 7. The fraction of sp³-hybridized carbons (Fsp3) is 0.700. The van der Waals surface area contributed by atoms with Crippen LogP contribution in [0.5, 0.6) is 0 Å². The molecule has 0 aromatic carbocycles. The third-order valence-electron chi connectivity index (χ3n) is 2.65. The first-order chi connectivity index (χ1) is 8.80. The molecular formula is C10H20N4O3S2. The molecule has 0 saturated carbocycles. The van der Waals surface area contributed by atoms with Crippen LogP contribution in [0.15, 0.2) is 4.90 Å². The topological polar surface area (TPSA) is 109 Å². The molecule has 1 rings (SSSR count). The quantitative estimate of drug-likeness (QED) is 0.679. The maximum Gasteiger partial charge on any atom is 0.249 e. The zero-order valence-electron chi connectivity index (χ0n) is 11.3. The number of sulfonamides is 1. The Bertz CT molecular complexity index is 513. The third kappa shape index (κ3) is 3.78. The van der Waals surface area contributed by atoms with Gasteiger partial charge in [-0.05, 0) is 24.4 Å². The van der Waals surface area contributed by atoms with E-state index < -0.39 is 16.1 Å². The third-order valence-corrected chi connectivity index (χ3v) is 5.49. The van der Waals surface area contributed by atoms with E-state index in [1.165, 1.54) is 14.1 Å². The van der Waals surface area contributed by atoms with Crippen LogP contribution in [0.4, 0.5) is 10.8 Å². The average molecular weight is 308 g/mol. The van der Waals surface area contributed by atoms with Crippen LogP contribution >= 0.6 is 11.5 Å². The molecule has 0 saturated heterocycles. The summed E-state index contributed by atoms with van der Waals surface area (Å²) in [4.78, 5) is 0.00786. The molecule has 0 aliphatic carbocycles. The Morgan fingerprint density at radius 3 is 2.68 bits per heavy atom. The standard InChI is InChI=1S/C10H20N4O3S2/c1-4-7(15)5-6-12-10-8(9(11)13-18-10)19(16,17)14(2)3/h7,12,15H,4-6H2,1-3H3,(H2,11,13). The van der Waals surface area contributed by atoms with Crippen molar-refractivity contribution in [1.82, 2.24) is 8.68 Å². The lowest BCUT2D eigenvalue weighted by atomic mass is 10.2. The van der Waals surface area contributed by atoms with Crippen molar-refractivity contribution in [3.63, 3.8) is 0 Å². The van der Waals surface area contributed by atoms with E-state index in [2.05, 4.69) is 9.69 Å². The van der Waals surface area contributed by atoms with Gasteiger partial charge < -0.3 is 16.2 Å². The Morgan fingerprint density at radius 2 is 2.16 bits per heavy atom. The first-order valence-electron chi connectivity index (χ1n) is 5.90. The van der Waals surface area contributed by atoms with Gasteiger partial charge in [-0.1, -0.05) is 6.92 Å². The molecule has 4 N–H and O–H groups in total. The molecule has 0 amide bonds. The maximum absolute atomic E-state index is 12.1. The maximum atomic E-state index is 12.1. The van der Waals surface area contributed by atoms with Crippen molar-refractivity contribution >= 4 is 32.4 Å². The van der Waals surface area contributed by atoms with Crippen molar-refractivity contribution < 1.29 is 13.5 Å². The van der Waals surface area contributed by atoms with Gasteiger partial charge in [0.25, 0.3) is 0 Å². The number of nitrogen functional groups attached to an aromatic ring is 1. The van der Waals surface area contributed by atoms with E-state index in [4.69, 9.17) is 5.73 Å². The summed E-state index contributed by atoms with van der Waals surface area (Å²) in [5.74, 6) is -0.00256. The molecule has 0 aliphatic heterocycles. The van der Waals surface area contributed by atoms with Crippen LogP contribution in [0.1, 0.15) is 19.8 Å². The Hall–Kier alpha value is -0.900. The normalized spacial score (nSPS) is 13.7. The number of nitrogens with zero attached hydrogens (tertiary/aromatic N) is 2. The number of hydrogen-bond donors (Lipinski definition) is 3. The van der Waals surface area contributed by atoms with Crippen LogP contribution in [0.25, 0.3) is 0 Å². The van der Waals surface area contributed by atoms with E-state index in [0.717, 1.165) is 15.8 Å². The highest BCUT2D eigenvalue weighted by molar-refractivity contribution is 7.89. The van der Waals surface area contributed by atoms with E-state index >= 15 is 0 Å². The molecule has 0 spiro atoms. The van der Waals surface area contributed by atoms with E-state index in [1.54, 1.807) is 0 Å². The van der Waals surface area contributed by atoms with Crippen molar-refractivity contribution in [2.75, 3.05) is 31.7 Å². The molecule has 19 heavy (non-hydrogen) atoms. The van der Waals surface area contributed by atoms with E-state index in [-0.39, 0.29) is 10.7 Å². The molecule has 1 unspecified atom stereocenters. The molecule has 1 aromatic rings. The number of nitrogens with two attached hydrogens (primary N) is 1. The van der Waals surface area contributed by atoms with Crippen molar-refractivity contribution in [2.24, 2.45) is 0 Å². The molecule has 0 radical (unpaired) electrons. The van der Waals surface area contributed by atoms with Gasteiger partial charge in [0.05, 0.1) is 6.10 Å². The molecule has 110 valence electrons. The van der Waals surface area contributed by atoms with Crippen LogP contribution in [0, 0.1) is 0 Å². The lowest BCUT2D eigenvalue weighted by Crippen LogP contribution is -2.24. The lowest BCUT2D eigenvalue weighted by Gasteiger charge is -2.13. The second-order valence-corrected chi connectivity index (χ2v) is 7.15. The summed E-state index contributed by atoms with van der Waals surface area (Å²) >= 11 is 1.01. The Labute approximate surface area is 117 Å². The molecule has 1 atom stereocenters. The van der Waals surface area contributed by atoms with Crippen molar-refractivity contribution in [3.05, 3.63) is 0 Å². The minimum atomic E-state index is -3.62. The molecule has 0 bridgehead atoms. The second-order valence-electron chi connectivity index (χ2n) is 4.29. The molecule has 0 fully saturated rings. The van der Waals surface area contributed by atoms with E-state index in [0.29, 0.717) is 24.4 Å². The number of aliphatic hydroxyl groups excluding tert-OH is 1. The van der Waals surface area contributed by atoms with E-state index in [9.17, 15) is 13.5 Å². The Kier molecular flexibility index (Phi) is 5.53. The van der Waals surface area contributed by atoms with Crippen molar-refractivity contribution in [2.45, 2.75) is 30.8 Å². The molecule has 0 aliphatic rings. The second kappa shape index (κ2) is 6.51. The van der Waals surface area contributed by atoms with Gasteiger partial charge >= 0.3 is 0 Å². The van der Waals surface area contributed by atoms with Gasteiger partial charge in [0.15, 0.2) is 10.7 Å². The Morgan fingerprint density at radius 1 is 1.53 bits per heavy atom. The summed E-state index contributed by atoms with van der Waals surface area (Å²) in [6.07, 6.45) is 0.803. The van der Waals surface area contributed by atoms with Crippen LogP contribution in [0.3, 0.4) is 0 Å². The summed E-state index contributed by atoms with van der Waals surface area (Å²) in [5, 5.41) is 12.8. The summed E-state index contributed by atoms with van der Waals surface area (Å²) < 4.78 is 29.2. The lowest BCUT2D eigenvalue weighted by molar-refractivity contribution is 0.164. The number of anilines is 2. The number of nitrogens with one attached hydrogen (secondary N) is 1. The first kappa shape index (κ1) is 16.2. The molecular weight excluding hydrogens is 288 g/mol. The van der Waals surface area contributed by atoms with Crippen LogP contribution in [-0.2, 0) is 10.0 Å². The summed E-state index contributed by atoms with van der Waals surface area (Å²) in [7, 11) is -0.737. The van der Waals surface area contributed by atoms with Crippen molar-refractivity contribution in [1.29, 1.82) is 0 Å². The minimum absolute atomic E-state index is 0.00256. The predicted molar refractivity (Wildman–Crippen MR) is 76.8 cm³/mol. The van der Waals surface area contributed by atoms with Crippen LogP contribution in [0.2, 0.25) is 0 Å². The fourth-order valence-corrected chi connectivity index (χ4v) is 3.50. The number of hydrogen-bond acceptors (Lipinski definition) is 7. The predicted octanol–water partition coefficient (Wildman–Crippen LogP) is 0.549. The van der Waals surface area contributed by atoms with Gasteiger partial charge in [-0.3, -0.25) is 0 Å². The van der Waals surface area contributed by atoms with Crippen LogP contribution in [-0.4, -0.2) is 48.9 Å². The van der Waals surface area contributed by atoms with Gasteiger partial charge in [-0.15, -0.1) is 0 Å².